The monoisotopic (exact) mass is 371 g/mol. The lowest BCUT2D eigenvalue weighted by atomic mass is 10.2. The maximum absolute atomic E-state index is 13.6. The van der Waals surface area contributed by atoms with E-state index in [0.717, 1.165) is 15.6 Å². The minimum Gasteiger partial charge on any atom is -0.246 e. The lowest BCUT2D eigenvalue weighted by molar-refractivity contribution is 0.623. The molecule has 102 valence electrons. The van der Waals surface area contributed by atoms with Crippen molar-refractivity contribution < 1.29 is 4.39 Å². The second-order valence-electron chi connectivity index (χ2n) is 4.27. The van der Waals surface area contributed by atoms with Gasteiger partial charge in [0.05, 0.1) is 25.6 Å². The van der Waals surface area contributed by atoms with Gasteiger partial charge in [-0.15, -0.1) is 11.3 Å². The van der Waals surface area contributed by atoms with Crippen molar-refractivity contribution in [1.82, 2.24) is 15.0 Å². The Bertz CT molecular complexity index is 834. The molecular weight excluding hydrogens is 365 g/mol. The summed E-state index contributed by atoms with van der Waals surface area (Å²) in [5.74, 6) is 0.0998. The summed E-state index contributed by atoms with van der Waals surface area (Å²) in [7, 11) is 0. The van der Waals surface area contributed by atoms with Gasteiger partial charge in [-0.2, -0.15) is 0 Å². The van der Waals surface area contributed by atoms with Crippen LogP contribution in [0.4, 0.5) is 4.39 Å². The summed E-state index contributed by atoms with van der Waals surface area (Å²) >= 11 is 10.8. The lowest BCUT2D eigenvalue weighted by Crippen LogP contribution is -1.93. The molecule has 0 saturated carbocycles. The second-order valence-corrected chi connectivity index (χ2v) is 6.68. The van der Waals surface area contributed by atoms with Crippen LogP contribution in [0.3, 0.4) is 0 Å². The van der Waals surface area contributed by atoms with Crippen molar-refractivity contribution in [2.45, 2.75) is 13.8 Å². The Kier molecular flexibility index (Phi) is 3.48. The highest BCUT2D eigenvalue weighted by Gasteiger charge is 2.15. The quantitative estimate of drug-likeness (QED) is 0.569. The molecule has 0 aliphatic heterocycles. The molecule has 0 N–H and O–H groups in total. The third-order valence-corrected chi connectivity index (χ3v) is 4.76. The molecule has 0 aliphatic rings. The Hall–Kier alpha value is -1.11. The minimum absolute atomic E-state index is 0.302. The molecule has 0 spiro atoms. The molecule has 0 unspecified atom stereocenters. The summed E-state index contributed by atoms with van der Waals surface area (Å²) in [6.45, 7) is 3.81. The third kappa shape index (κ3) is 2.32. The van der Waals surface area contributed by atoms with E-state index in [-0.39, 0.29) is 5.82 Å². The van der Waals surface area contributed by atoms with Crippen molar-refractivity contribution >= 4 is 49.8 Å². The maximum atomic E-state index is 13.6. The van der Waals surface area contributed by atoms with Crippen molar-refractivity contribution in [3.63, 3.8) is 0 Å². The molecule has 0 saturated heterocycles. The van der Waals surface area contributed by atoms with Crippen molar-refractivity contribution in [3.05, 3.63) is 38.3 Å². The zero-order chi connectivity index (χ0) is 14.4. The number of nitrogens with zero attached hydrogens (tertiary/aromatic N) is 3. The highest BCUT2D eigenvalue weighted by molar-refractivity contribution is 9.10. The summed E-state index contributed by atoms with van der Waals surface area (Å²) in [4.78, 5) is 13.9. The zero-order valence-corrected chi connectivity index (χ0v) is 13.7. The summed E-state index contributed by atoms with van der Waals surface area (Å²) in [5.41, 5.74) is 1.33. The number of benzene rings is 1. The van der Waals surface area contributed by atoms with E-state index in [9.17, 15) is 4.39 Å². The first-order valence-corrected chi connectivity index (χ1v) is 7.71. The lowest BCUT2D eigenvalue weighted by Gasteiger charge is -2.05. The third-order valence-electron chi connectivity index (χ3n) is 2.80. The average molecular weight is 373 g/mol. The van der Waals surface area contributed by atoms with Gasteiger partial charge in [0.25, 0.3) is 0 Å². The molecule has 0 aliphatic carbocycles. The maximum Gasteiger partial charge on any atom is 0.173 e. The van der Waals surface area contributed by atoms with Crippen LogP contribution < -0.4 is 0 Å². The van der Waals surface area contributed by atoms with Crippen LogP contribution >= 0.6 is 38.9 Å². The molecule has 0 amide bonds. The van der Waals surface area contributed by atoms with Gasteiger partial charge in [-0.1, -0.05) is 11.6 Å². The van der Waals surface area contributed by atoms with E-state index >= 15 is 0 Å². The number of fused-ring (bicyclic) bond motifs is 1. The summed E-state index contributed by atoms with van der Waals surface area (Å²) in [6.07, 6.45) is 0. The summed E-state index contributed by atoms with van der Waals surface area (Å²) < 4.78 is 14.0. The predicted octanol–water partition coefficient (Wildman–Crippen LogP) is 4.93. The SMILES string of the molecule is Cc1nc(C)c(-c2nc(Cl)c3cc(Br)c(F)cc3n2)s1. The van der Waals surface area contributed by atoms with Crippen molar-refractivity contribution in [3.8, 4) is 10.7 Å². The highest BCUT2D eigenvalue weighted by Crippen LogP contribution is 2.32. The fraction of sp³-hybridized carbons (Fsp3) is 0.154. The minimum atomic E-state index is -0.379. The van der Waals surface area contributed by atoms with Crippen LogP contribution in [0.25, 0.3) is 21.6 Å². The highest BCUT2D eigenvalue weighted by atomic mass is 79.9. The van der Waals surface area contributed by atoms with E-state index < -0.39 is 0 Å². The van der Waals surface area contributed by atoms with Crippen LogP contribution in [0.1, 0.15) is 10.7 Å². The van der Waals surface area contributed by atoms with Crippen molar-refractivity contribution in [1.29, 1.82) is 0 Å². The number of rotatable bonds is 1. The van der Waals surface area contributed by atoms with E-state index in [1.54, 1.807) is 6.07 Å². The van der Waals surface area contributed by atoms with E-state index in [4.69, 9.17) is 11.6 Å². The van der Waals surface area contributed by atoms with Gasteiger partial charge in [0.1, 0.15) is 11.0 Å². The predicted molar refractivity (Wildman–Crippen MR) is 82.8 cm³/mol. The van der Waals surface area contributed by atoms with Gasteiger partial charge in [-0.25, -0.2) is 19.3 Å². The number of halogens is 3. The molecule has 3 aromatic rings. The molecule has 0 radical (unpaired) electrons. The Labute approximate surface area is 132 Å². The first kappa shape index (κ1) is 13.9. The Morgan fingerprint density at radius 3 is 2.60 bits per heavy atom. The molecule has 1 aromatic carbocycles. The Morgan fingerprint density at radius 1 is 1.20 bits per heavy atom. The van der Waals surface area contributed by atoms with E-state index in [0.29, 0.717) is 26.4 Å². The standard InChI is InChI=1S/C13H8BrClFN3S/c1-5-11(20-6(2)17-5)13-18-10-4-9(16)8(14)3-7(10)12(15)19-13/h3-4H,1-2H3. The normalized spacial score (nSPS) is 11.2. The number of hydrogen-bond donors (Lipinski definition) is 0. The average Bonchev–Trinajstić information content (AvgIpc) is 2.71. The molecule has 0 fully saturated rings. The molecule has 0 bridgehead atoms. The molecule has 2 heterocycles. The number of aromatic nitrogens is 3. The molecule has 2 aromatic heterocycles. The van der Waals surface area contributed by atoms with Gasteiger partial charge < -0.3 is 0 Å². The van der Waals surface area contributed by atoms with E-state index in [1.165, 1.54) is 17.4 Å². The van der Waals surface area contributed by atoms with Gasteiger partial charge in [-0.3, -0.25) is 0 Å². The van der Waals surface area contributed by atoms with Gasteiger partial charge >= 0.3 is 0 Å². The second kappa shape index (κ2) is 5.02. The largest absolute Gasteiger partial charge is 0.246 e. The molecule has 3 rings (SSSR count). The molecule has 3 nitrogen and oxygen atoms in total. The first-order valence-electron chi connectivity index (χ1n) is 5.72. The first-order chi connectivity index (χ1) is 9.45. The van der Waals surface area contributed by atoms with Crippen LogP contribution in [-0.4, -0.2) is 15.0 Å². The van der Waals surface area contributed by atoms with Crippen LogP contribution in [-0.2, 0) is 0 Å². The fourth-order valence-corrected chi connectivity index (χ4v) is 3.36. The smallest absolute Gasteiger partial charge is 0.173 e. The van der Waals surface area contributed by atoms with Crippen LogP contribution in [0.15, 0.2) is 16.6 Å². The van der Waals surface area contributed by atoms with Crippen LogP contribution in [0.5, 0.6) is 0 Å². The van der Waals surface area contributed by atoms with Crippen LogP contribution in [0, 0.1) is 19.7 Å². The Morgan fingerprint density at radius 2 is 1.95 bits per heavy atom. The number of thiazole rings is 1. The zero-order valence-electron chi connectivity index (χ0n) is 10.5. The fourth-order valence-electron chi connectivity index (χ4n) is 1.93. The van der Waals surface area contributed by atoms with Gasteiger partial charge in [-0.05, 0) is 35.8 Å². The van der Waals surface area contributed by atoms with Gasteiger partial charge in [0.2, 0.25) is 0 Å². The van der Waals surface area contributed by atoms with Crippen molar-refractivity contribution in [2.75, 3.05) is 0 Å². The van der Waals surface area contributed by atoms with E-state index in [2.05, 4.69) is 30.9 Å². The Balaban J connectivity index is 2.29. The molecule has 0 atom stereocenters. The van der Waals surface area contributed by atoms with Gasteiger partial charge in [0.15, 0.2) is 5.82 Å². The van der Waals surface area contributed by atoms with Crippen LogP contribution in [0.2, 0.25) is 5.15 Å². The summed E-state index contributed by atoms with van der Waals surface area (Å²) in [6, 6.07) is 2.93. The topological polar surface area (TPSA) is 38.7 Å². The molecular formula is C13H8BrClFN3S. The number of aryl methyl sites for hydroxylation is 2. The van der Waals surface area contributed by atoms with Gasteiger partial charge in [0, 0.05) is 11.5 Å². The molecule has 20 heavy (non-hydrogen) atoms. The molecule has 7 heteroatoms. The number of hydrogen-bond acceptors (Lipinski definition) is 4. The van der Waals surface area contributed by atoms with Crippen molar-refractivity contribution in [2.24, 2.45) is 0 Å². The summed E-state index contributed by atoms with van der Waals surface area (Å²) in [5, 5.41) is 1.85. The van der Waals surface area contributed by atoms with E-state index in [1.807, 2.05) is 13.8 Å².